The zero-order valence-corrected chi connectivity index (χ0v) is 13.6. The van der Waals surface area contributed by atoms with Gasteiger partial charge in [-0.3, -0.25) is 4.79 Å². The lowest BCUT2D eigenvalue weighted by Gasteiger charge is -2.40. The normalized spacial score (nSPS) is 17.7. The van der Waals surface area contributed by atoms with Gasteiger partial charge in [-0.25, -0.2) is 4.98 Å². The van der Waals surface area contributed by atoms with Gasteiger partial charge in [-0.05, 0) is 31.2 Å². The van der Waals surface area contributed by atoms with Crippen molar-refractivity contribution in [3.8, 4) is 5.75 Å². The third-order valence-electron chi connectivity index (χ3n) is 4.08. The molecule has 1 atom stereocenters. The highest BCUT2D eigenvalue weighted by molar-refractivity contribution is 5.78. The molecular formula is C18H20FN3O2. The second-order valence-corrected chi connectivity index (χ2v) is 5.80. The summed E-state index contributed by atoms with van der Waals surface area (Å²) in [6.07, 6.45) is 0. The number of carbonyl (C=O) groups is 1. The number of carbonyl (C=O) groups excluding carboxylic acids is 1. The molecule has 1 unspecified atom stereocenters. The van der Waals surface area contributed by atoms with Gasteiger partial charge in [0.05, 0.1) is 0 Å². The van der Waals surface area contributed by atoms with E-state index in [1.165, 1.54) is 6.07 Å². The van der Waals surface area contributed by atoms with Crippen LogP contribution in [0.5, 0.6) is 5.75 Å². The van der Waals surface area contributed by atoms with Gasteiger partial charge in [0.25, 0.3) is 5.91 Å². The van der Waals surface area contributed by atoms with Crippen molar-refractivity contribution < 1.29 is 13.9 Å². The number of rotatable bonds is 4. The molecule has 0 saturated carbocycles. The summed E-state index contributed by atoms with van der Waals surface area (Å²) in [6.45, 7) is 3.78. The highest BCUT2D eigenvalue weighted by Gasteiger charge is 2.27. The highest BCUT2D eigenvalue weighted by atomic mass is 19.1. The third kappa shape index (κ3) is 3.82. The van der Waals surface area contributed by atoms with Crippen molar-refractivity contribution >= 4 is 11.7 Å². The Morgan fingerprint density at radius 1 is 1.21 bits per heavy atom. The van der Waals surface area contributed by atoms with Gasteiger partial charge in [0.15, 0.2) is 6.61 Å². The number of hydrogen-bond donors (Lipinski definition) is 0. The summed E-state index contributed by atoms with van der Waals surface area (Å²) in [4.78, 5) is 20.0. The summed E-state index contributed by atoms with van der Waals surface area (Å²) >= 11 is 0. The second-order valence-electron chi connectivity index (χ2n) is 5.80. The zero-order valence-electron chi connectivity index (χ0n) is 13.6. The van der Waals surface area contributed by atoms with Gasteiger partial charge in [-0.2, -0.15) is 4.39 Å². The number of hydrogen-bond acceptors (Lipinski definition) is 4. The minimum atomic E-state index is -0.491. The highest BCUT2D eigenvalue weighted by Crippen LogP contribution is 2.19. The van der Waals surface area contributed by atoms with Crippen LogP contribution in [0.2, 0.25) is 0 Å². The number of benzene rings is 1. The van der Waals surface area contributed by atoms with Crippen molar-refractivity contribution in [3.63, 3.8) is 0 Å². The first kappa shape index (κ1) is 16.2. The van der Waals surface area contributed by atoms with Crippen LogP contribution in [-0.4, -0.2) is 48.1 Å². The van der Waals surface area contributed by atoms with Gasteiger partial charge in [0, 0.05) is 25.7 Å². The number of aromatic nitrogens is 1. The Balaban J connectivity index is 1.56. The van der Waals surface area contributed by atoms with Crippen molar-refractivity contribution in [2.75, 3.05) is 31.1 Å². The molecule has 0 aliphatic carbocycles. The van der Waals surface area contributed by atoms with E-state index in [0.29, 0.717) is 31.2 Å². The van der Waals surface area contributed by atoms with Crippen LogP contribution in [0.15, 0.2) is 48.5 Å². The predicted octanol–water partition coefficient (Wildman–Crippen LogP) is 2.34. The zero-order chi connectivity index (χ0) is 16.9. The van der Waals surface area contributed by atoms with Crippen LogP contribution < -0.4 is 9.64 Å². The first-order chi connectivity index (χ1) is 11.6. The molecule has 1 amide bonds. The van der Waals surface area contributed by atoms with E-state index in [1.54, 1.807) is 17.0 Å². The number of halogens is 1. The van der Waals surface area contributed by atoms with E-state index in [-0.39, 0.29) is 18.6 Å². The van der Waals surface area contributed by atoms with Crippen LogP contribution in [-0.2, 0) is 4.79 Å². The molecule has 24 heavy (non-hydrogen) atoms. The summed E-state index contributed by atoms with van der Waals surface area (Å²) in [5.41, 5.74) is 0. The number of pyridine rings is 1. The number of anilines is 1. The fourth-order valence-corrected chi connectivity index (χ4v) is 2.84. The molecule has 3 rings (SSSR count). The predicted molar refractivity (Wildman–Crippen MR) is 89.5 cm³/mol. The molecule has 6 heteroatoms. The molecule has 1 aliphatic heterocycles. The Morgan fingerprint density at radius 3 is 2.71 bits per heavy atom. The summed E-state index contributed by atoms with van der Waals surface area (Å²) in [7, 11) is 0. The summed E-state index contributed by atoms with van der Waals surface area (Å²) in [6, 6.07) is 14.1. The lowest BCUT2D eigenvalue weighted by Crippen LogP contribution is -2.54. The maximum atomic E-state index is 13.3. The van der Waals surface area contributed by atoms with Crippen molar-refractivity contribution in [3.05, 3.63) is 54.5 Å². The number of amides is 1. The fraction of sp³-hybridized carbons (Fsp3) is 0.333. The molecule has 2 aromatic rings. The van der Waals surface area contributed by atoms with E-state index in [9.17, 15) is 9.18 Å². The SMILES string of the molecule is CC1CN(C(=O)COc2ccccc2)CCN1c1cccc(F)n1. The number of nitrogens with zero attached hydrogens (tertiary/aromatic N) is 3. The fourth-order valence-electron chi connectivity index (χ4n) is 2.84. The Hall–Kier alpha value is -2.63. The van der Waals surface area contributed by atoms with Crippen LogP contribution in [0, 0.1) is 5.95 Å². The lowest BCUT2D eigenvalue weighted by atomic mass is 10.2. The summed E-state index contributed by atoms with van der Waals surface area (Å²) in [5, 5.41) is 0. The first-order valence-electron chi connectivity index (χ1n) is 7.98. The molecule has 5 nitrogen and oxygen atoms in total. The minimum absolute atomic E-state index is 0.0228. The van der Waals surface area contributed by atoms with Gasteiger partial charge in [-0.15, -0.1) is 0 Å². The largest absolute Gasteiger partial charge is 0.484 e. The Morgan fingerprint density at radius 2 is 2.00 bits per heavy atom. The molecule has 126 valence electrons. The van der Waals surface area contributed by atoms with Gasteiger partial charge in [-0.1, -0.05) is 24.3 Å². The smallest absolute Gasteiger partial charge is 0.260 e. The maximum absolute atomic E-state index is 13.3. The average molecular weight is 329 g/mol. The van der Waals surface area contributed by atoms with Crippen LogP contribution in [0.25, 0.3) is 0 Å². The number of ether oxygens (including phenoxy) is 1. The molecule has 2 heterocycles. The average Bonchev–Trinajstić information content (AvgIpc) is 2.60. The third-order valence-corrected chi connectivity index (χ3v) is 4.08. The van der Waals surface area contributed by atoms with Gasteiger partial charge >= 0.3 is 0 Å². The molecule has 1 aromatic carbocycles. The van der Waals surface area contributed by atoms with E-state index in [4.69, 9.17) is 4.74 Å². The molecule has 1 aromatic heterocycles. The molecule has 0 spiro atoms. The van der Waals surface area contributed by atoms with Crippen molar-refractivity contribution in [2.24, 2.45) is 0 Å². The molecule has 0 bridgehead atoms. The van der Waals surface area contributed by atoms with Crippen LogP contribution in [0.1, 0.15) is 6.92 Å². The molecule has 1 fully saturated rings. The standard InChI is InChI=1S/C18H20FN3O2/c1-14-12-21(18(23)13-24-15-6-3-2-4-7-15)10-11-22(14)17-9-5-8-16(19)20-17/h2-9,14H,10-13H2,1H3. The van der Waals surface area contributed by atoms with E-state index in [2.05, 4.69) is 4.98 Å². The molecule has 0 N–H and O–H groups in total. The number of para-hydroxylation sites is 1. The lowest BCUT2D eigenvalue weighted by molar-refractivity contribution is -0.134. The van der Waals surface area contributed by atoms with Crippen molar-refractivity contribution in [2.45, 2.75) is 13.0 Å². The second kappa shape index (κ2) is 7.29. The number of piperazine rings is 1. The van der Waals surface area contributed by atoms with Crippen molar-refractivity contribution in [1.82, 2.24) is 9.88 Å². The first-order valence-corrected chi connectivity index (χ1v) is 7.98. The topological polar surface area (TPSA) is 45.7 Å². The summed E-state index contributed by atoms with van der Waals surface area (Å²) < 4.78 is 18.8. The van der Waals surface area contributed by atoms with E-state index >= 15 is 0 Å². The molecular weight excluding hydrogens is 309 g/mol. The molecule has 0 radical (unpaired) electrons. The van der Waals surface area contributed by atoms with E-state index < -0.39 is 5.95 Å². The minimum Gasteiger partial charge on any atom is -0.484 e. The van der Waals surface area contributed by atoms with E-state index in [1.807, 2.05) is 42.2 Å². The van der Waals surface area contributed by atoms with Crippen LogP contribution >= 0.6 is 0 Å². The molecule has 1 saturated heterocycles. The monoisotopic (exact) mass is 329 g/mol. The van der Waals surface area contributed by atoms with Crippen molar-refractivity contribution in [1.29, 1.82) is 0 Å². The Labute approximate surface area is 140 Å². The maximum Gasteiger partial charge on any atom is 0.260 e. The molecule has 1 aliphatic rings. The van der Waals surface area contributed by atoms with Crippen LogP contribution in [0.3, 0.4) is 0 Å². The Bertz CT molecular complexity index is 696. The van der Waals surface area contributed by atoms with E-state index in [0.717, 1.165) is 0 Å². The Kier molecular flexibility index (Phi) is 4.93. The van der Waals surface area contributed by atoms with Gasteiger partial charge in [0.2, 0.25) is 5.95 Å². The van der Waals surface area contributed by atoms with Gasteiger partial charge < -0.3 is 14.5 Å². The summed E-state index contributed by atoms with van der Waals surface area (Å²) in [5.74, 6) is 0.753. The van der Waals surface area contributed by atoms with Gasteiger partial charge in [0.1, 0.15) is 11.6 Å². The quantitative estimate of drug-likeness (QED) is 0.808. The van der Waals surface area contributed by atoms with Crippen LogP contribution in [0.4, 0.5) is 10.2 Å².